The summed E-state index contributed by atoms with van der Waals surface area (Å²) < 4.78 is 1.87. The Hall–Kier alpha value is -0.870. The Labute approximate surface area is 97.4 Å². The molecule has 16 heavy (non-hydrogen) atoms. The van der Waals surface area contributed by atoms with Gasteiger partial charge in [-0.3, -0.25) is 9.58 Å². The molecular weight excluding hydrogens is 200 g/mol. The molecule has 0 aromatic carbocycles. The lowest BCUT2D eigenvalue weighted by Gasteiger charge is -2.32. The molecule has 1 saturated heterocycles. The zero-order valence-electron chi connectivity index (χ0n) is 10.1. The van der Waals surface area contributed by atoms with E-state index in [0.29, 0.717) is 0 Å². The molecule has 0 amide bonds. The molecule has 90 valence electrons. The van der Waals surface area contributed by atoms with Crippen LogP contribution in [0.4, 0.5) is 0 Å². The van der Waals surface area contributed by atoms with Crippen molar-refractivity contribution < 1.29 is 0 Å². The molecule has 1 atom stereocenters. The summed E-state index contributed by atoms with van der Waals surface area (Å²) in [5.41, 5.74) is 6.80. The summed E-state index contributed by atoms with van der Waals surface area (Å²) in [6, 6.07) is 2.10. The first-order valence-corrected chi connectivity index (χ1v) is 6.19. The van der Waals surface area contributed by atoms with Gasteiger partial charge in [-0.2, -0.15) is 5.10 Å². The van der Waals surface area contributed by atoms with Crippen molar-refractivity contribution in [3.8, 4) is 0 Å². The Bertz CT molecular complexity index is 319. The van der Waals surface area contributed by atoms with Crippen molar-refractivity contribution in [1.82, 2.24) is 14.7 Å². The van der Waals surface area contributed by atoms with E-state index < -0.39 is 0 Å². The van der Waals surface area contributed by atoms with Gasteiger partial charge in [0.25, 0.3) is 0 Å². The molecule has 1 aromatic rings. The predicted molar refractivity (Wildman–Crippen MR) is 64.9 cm³/mol. The number of nitrogens with zero attached hydrogens (tertiary/aromatic N) is 3. The molecule has 2 N–H and O–H groups in total. The molecule has 0 aliphatic carbocycles. The molecule has 1 aromatic heterocycles. The third-order valence-corrected chi connectivity index (χ3v) is 3.33. The topological polar surface area (TPSA) is 47.1 Å². The van der Waals surface area contributed by atoms with Crippen LogP contribution in [0.25, 0.3) is 0 Å². The number of nitrogens with two attached hydrogens (primary N) is 1. The molecule has 0 bridgehead atoms. The van der Waals surface area contributed by atoms with Crippen LogP contribution >= 0.6 is 0 Å². The number of rotatable bonds is 4. The number of aromatic nitrogens is 2. The predicted octanol–water partition coefficient (Wildman–Crippen LogP) is 0.981. The number of piperidine rings is 1. The molecule has 2 rings (SSSR count). The van der Waals surface area contributed by atoms with Gasteiger partial charge in [-0.15, -0.1) is 0 Å². The smallest absolute Gasteiger partial charge is 0.0764 e. The van der Waals surface area contributed by atoms with Gasteiger partial charge >= 0.3 is 0 Å². The van der Waals surface area contributed by atoms with Gasteiger partial charge in [-0.05, 0) is 44.3 Å². The minimum Gasteiger partial charge on any atom is -0.330 e. The van der Waals surface area contributed by atoms with Crippen molar-refractivity contribution in [1.29, 1.82) is 0 Å². The maximum Gasteiger partial charge on any atom is 0.0764 e. The fourth-order valence-corrected chi connectivity index (χ4v) is 2.54. The maximum absolute atomic E-state index is 5.63. The number of hydrogen-bond acceptors (Lipinski definition) is 3. The van der Waals surface area contributed by atoms with Gasteiger partial charge in [0, 0.05) is 26.3 Å². The Kier molecular flexibility index (Phi) is 3.96. The van der Waals surface area contributed by atoms with Crippen LogP contribution in [0, 0.1) is 5.92 Å². The van der Waals surface area contributed by atoms with Gasteiger partial charge in [-0.1, -0.05) is 0 Å². The third-order valence-electron chi connectivity index (χ3n) is 3.33. The van der Waals surface area contributed by atoms with Crippen LogP contribution in [0.1, 0.15) is 25.0 Å². The average molecular weight is 222 g/mol. The largest absolute Gasteiger partial charge is 0.330 e. The fourth-order valence-electron chi connectivity index (χ4n) is 2.54. The minimum atomic E-state index is 0.794. The molecule has 0 spiro atoms. The normalized spacial score (nSPS) is 22.5. The van der Waals surface area contributed by atoms with E-state index in [1.165, 1.54) is 38.0 Å². The molecule has 0 saturated carbocycles. The highest BCUT2D eigenvalue weighted by atomic mass is 15.3. The molecule has 1 aliphatic heterocycles. The number of aryl methyl sites for hydroxylation is 1. The molecule has 4 nitrogen and oxygen atoms in total. The lowest BCUT2D eigenvalue weighted by Crippen LogP contribution is -2.35. The molecular formula is C12H22N4. The monoisotopic (exact) mass is 222 g/mol. The van der Waals surface area contributed by atoms with Gasteiger partial charge in [0.05, 0.1) is 5.69 Å². The Morgan fingerprint density at radius 1 is 1.56 bits per heavy atom. The van der Waals surface area contributed by atoms with E-state index in [1.54, 1.807) is 0 Å². The van der Waals surface area contributed by atoms with Gasteiger partial charge < -0.3 is 5.73 Å². The first-order chi connectivity index (χ1) is 7.78. The summed E-state index contributed by atoms with van der Waals surface area (Å²) in [5.74, 6) is 0.794. The zero-order valence-corrected chi connectivity index (χ0v) is 10.1. The quantitative estimate of drug-likeness (QED) is 0.826. The summed E-state index contributed by atoms with van der Waals surface area (Å²) >= 11 is 0. The highest BCUT2D eigenvalue weighted by molar-refractivity contribution is 4.98. The van der Waals surface area contributed by atoms with Crippen molar-refractivity contribution in [2.45, 2.75) is 25.8 Å². The lowest BCUT2D eigenvalue weighted by molar-refractivity contribution is 0.161. The lowest BCUT2D eigenvalue weighted by atomic mass is 9.95. The van der Waals surface area contributed by atoms with Crippen molar-refractivity contribution in [2.24, 2.45) is 18.7 Å². The number of likely N-dealkylation sites (tertiary alicyclic amines) is 1. The van der Waals surface area contributed by atoms with Crippen LogP contribution in [0.5, 0.6) is 0 Å². The fraction of sp³-hybridized carbons (Fsp3) is 0.750. The van der Waals surface area contributed by atoms with E-state index in [4.69, 9.17) is 5.73 Å². The minimum absolute atomic E-state index is 0.794. The van der Waals surface area contributed by atoms with Crippen LogP contribution in [-0.2, 0) is 13.6 Å². The van der Waals surface area contributed by atoms with Gasteiger partial charge in [0.1, 0.15) is 0 Å². The van der Waals surface area contributed by atoms with Crippen molar-refractivity contribution in [3.63, 3.8) is 0 Å². The Balaban J connectivity index is 1.85. The standard InChI is InChI=1S/C12H22N4/c1-15-8-5-12(14-15)10-16-7-2-3-11(9-16)4-6-13/h5,8,11H,2-4,6-7,9-10,13H2,1H3. The first-order valence-electron chi connectivity index (χ1n) is 6.19. The molecule has 4 heteroatoms. The maximum atomic E-state index is 5.63. The van der Waals surface area contributed by atoms with Gasteiger partial charge in [-0.25, -0.2) is 0 Å². The van der Waals surface area contributed by atoms with Crippen LogP contribution in [0.2, 0.25) is 0 Å². The zero-order chi connectivity index (χ0) is 11.4. The van der Waals surface area contributed by atoms with E-state index in [2.05, 4.69) is 16.1 Å². The highest BCUT2D eigenvalue weighted by Gasteiger charge is 2.19. The Morgan fingerprint density at radius 2 is 2.44 bits per heavy atom. The van der Waals surface area contributed by atoms with E-state index >= 15 is 0 Å². The summed E-state index contributed by atoms with van der Waals surface area (Å²) in [6.45, 7) is 4.20. The van der Waals surface area contributed by atoms with Crippen LogP contribution in [0.15, 0.2) is 12.3 Å². The van der Waals surface area contributed by atoms with Gasteiger partial charge in [0.2, 0.25) is 0 Å². The van der Waals surface area contributed by atoms with E-state index in [0.717, 1.165) is 19.0 Å². The van der Waals surface area contributed by atoms with Crippen LogP contribution in [-0.4, -0.2) is 34.3 Å². The van der Waals surface area contributed by atoms with Crippen LogP contribution < -0.4 is 5.73 Å². The van der Waals surface area contributed by atoms with E-state index in [-0.39, 0.29) is 0 Å². The first kappa shape index (κ1) is 11.6. The third kappa shape index (κ3) is 3.06. The summed E-state index contributed by atoms with van der Waals surface area (Å²) in [6.07, 6.45) is 5.82. The van der Waals surface area contributed by atoms with E-state index in [1.807, 2.05) is 17.9 Å². The van der Waals surface area contributed by atoms with E-state index in [9.17, 15) is 0 Å². The van der Waals surface area contributed by atoms with Crippen molar-refractivity contribution >= 4 is 0 Å². The molecule has 1 aliphatic rings. The SMILES string of the molecule is Cn1ccc(CN2CCCC(CCN)C2)n1. The molecule has 1 unspecified atom stereocenters. The van der Waals surface area contributed by atoms with Gasteiger partial charge in [0.15, 0.2) is 0 Å². The second kappa shape index (κ2) is 5.46. The summed E-state index contributed by atoms with van der Waals surface area (Å²) in [7, 11) is 1.97. The second-order valence-electron chi connectivity index (χ2n) is 4.80. The summed E-state index contributed by atoms with van der Waals surface area (Å²) in [4.78, 5) is 2.51. The Morgan fingerprint density at radius 3 is 3.12 bits per heavy atom. The highest BCUT2D eigenvalue weighted by Crippen LogP contribution is 2.20. The average Bonchev–Trinajstić information content (AvgIpc) is 2.65. The second-order valence-corrected chi connectivity index (χ2v) is 4.80. The number of hydrogen-bond donors (Lipinski definition) is 1. The molecule has 0 radical (unpaired) electrons. The summed E-state index contributed by atoms with van der Waals surface area (Å²) in [5, 5.41) is 4.43. The van der Waals surface area contributed by atoms with Crippen molar-refractivity contribution in [2.75, 3.05) is 19.6 Å². The van der Waals surface area contributed by atoms with Crippen LogP contribution in [0.3, 0.4) is 0 Å². The molecule has 1 fully saturated rings. The molecule has 2 heterocycles. The van der Waals surface area contributed by atoms with Crippen molar-refractivity contribution in [3.05, 3.63) is 18.0 Å².